The molecule has 1 unspecified atom stereocenters. The number of benzene rings is 3. The molecule has 1 saturated carbocycles. The van der Waals surface area contributed by atoms with E-state index in [0.29, 0.717) is 10.7 Å². The van der Waals surface area contributed by atoms with E-state index >= 15 is 0 Å². The molecule has 1 aliphatic heterocycles. The first-order chi connectivity index (χ1) is 18.0. The lowest BCUT2D eigenvalue weighted by Gasteiger charge is -2.39. The van der Waals surface area contributed by atoms with Crippen LogP contribution in [0, 0.1) is 6.92 Å². The fourth-order valence-electron chi connectivity index (χ4n) is 5.03. The maximum Gasteiger partial charge on any atom is 0.322 e. The molecule has 3 aromatic carbocycles. The molecule has 2 heterocycles. The molecular weight excluding hydrogens is 484 g/mol. The molecule has 37 heavy (non-hydrogen) atoms. The van der Waals surface area contributed by atoms with Gasteiger partial charge in [0.25, 0.3) is 0 Å². The summed E-state index contributed by atoms with van der Waals surface area (Å²) >= 11 is 5.99. The molecule has 186 valence electrons. The van der Waals surface area contributed by atoms with E-state index in [4.69, 9.17) is 11.6 Å². The highest BCUT2D eigenvalue weighted by Gasteiger charge is 2.40. The molecule has 0 bridgehead atoms. The number of nitrogens with zero attached hydrogens (tertiary/aromatic N) is 3. The molecule has 1 atom stereocenters. The normalized spacial score (nSPS) is 16.1. The number of fused-ring (bicyclic) bond motifs is 3. The lowest BCUT2D eigenvalue weighted by Crippen LogP contribution is -2.48. The first kappa shape index (κ1) is 23.4. The number of anilines is 2. The molecule has 3 amide bonds. The molecule has 2 aliphatic rings. The summed E-state index contributed by atoms with van der Waals surface area (Å²) in [4.78, 5) is 31.0. The van der Waals surface area contributed by atoms with Gasteiger partial charge in [-0.3, -0.25) is 9.69 Å². The predicted molar refractivity (Wildman–Crippen MR) is 146 cm³/mol. The van der Waals surface area contributed by atoms with Crippen molar-refractivity contribution in [3.05, 3.63) is 113 Å². The number of hydrogen-bond acceptors (Lipinski definition) is 2. The second-order valence-electron chi connectivity index (χ2n) is 9.66. The van der Waals surface area contributed by atoms with Gasteiger partial charge in [-0.25, -0.2) is 4.79 Å². The summed E-state index contributed by atoms with van der Waals surface area (Å²) in [7, 11) is 0. The Morgan fingerprint density at radius 1 is 0.919 bits per heavy atom. The number of carbonyl (C=O) groups excluding carboxylic acids is 2. The van der Waals surface area contributed by atoms with E-state index < -0.39 is 0 Å². The summed E-state index contributed by atoms with van der Waals surface area (Å²) < 4.78 is 2.15. The van der Waals surface area contributed by atoms with Gasteiger partial charge in [-0.15, -0.1) is 0 Å². The van der Waals surface area contributed by atoms with Crippen molar-refractivity contribution in [1.29, 1.82) is 0 Å². The fourth-order valence-corrected chi connectivity index (χ4v) is 5.16. The van der Waals surface area contributed by atoms with E-state index in [1.54, 1.807) is 29.2 Å². The third-order valence-electron chi connectivity index (χ3n) is 7.03. The molecule has 1 aliphatic carbocycles. The fraction of sp³-hybridized carbons (Fsp3) is 0.200. The molecule has 1 N–H and O–H groups in total. The van der Waals surface area contributed by atoms with E-state index in [1.165, 1.54) is 0 Å². The first-order valence-electron chi connectivity index (χ1n) is 12.5. The number of halogens is 1. The van der Waals surface area contributed by atoms with E-state index in [0.717, 1.165) is 41.0 Å². The summed E-state index contributed by atoms with van der Waals surface area (Å²) in [6.07, 6.45) is 3.82. The summed E-state index contributed by atoms with van der Waals surface area (Å²) in [5.74, 6) is -0.122. The van der Waals surface area contributed by atoms with Gasteiger partial charge in [0.15, 0.2) is 0 Å². The highest BCUT2D eigenvalue weighted by molar-refractivity contribution is 6.30. The number of rotatable bonds is 5. The van der Waals surface area contributed by atoms with Crippen molar-refractivity contribution in [3.63, 3.8) is 0 Å². The number of urea groups is 1. The minimum Gasteiger partial charge on any atom is -0.316 e. The number of carbonyl (C=O) groups is 2. The van der Waals surface area contributed by atoms with Gasteiger partial charge in [0.05, 0.1) is 17.1 Å². The largest absolute Gasteiger partial charge is 0.322 e. The van der Waals surface area contributed by atoms with Crippen LogP contribution in [0.4, 0.5) is 16.2 Å². The van der Waals surface area contributed by atoms with Gasteiger partial charge in [-0.1, -0.05) is 53.6 Å². The molecule has 0 saturated heterocycles. The van der Waals surface area contributed by atoms with Crippen LogP contribution in [0.3, 0.4) is 0 Å². The quantitative estimate of drug-likeness (QED) is 0.330. The van der Waals surface area contributed by atoms with Gasteiger partial charge >= 0.3 is 6.03 Å². The van der Waals surface area contributed by atoms with Gasteiger partial charge in [-0.2, -0.15) is 0 Å². The highest BCUT2D eigenvalue weighted by Crippen LogP contribution is 2.42. The van der Waals surface area contributed by atoms with Crippen LogP contribution in [-0.4, -0.2) is 34.0 Å². The van der Waals surface area contributed by atoms with Crippen molar-refractivity contribution in [3.8, 4) is 5.69 Å². The third-order valence-corrected chi connectivity index (χ3v) is 7.28. The number of aryl methyl sites for hydroxylation is 1. The maximum atomic E-state index is 14.2. The number of para-hydroxylation sites is 2. The third kappa shape index (κ3) is 4.49. The van der Waals surface area contributed by atoms with Gasteiger partial charge in [0, 0.05) is 22.9 Å². The van der Waals surface area contributed by atoms with Crippen LogP contribution >= 0.6 is 11.6 Å². The van der Waals surface area contributed by atoms with Crippen LogP contribution in [0.2, 0.25) is 5.02 Å². The molecule has 1 fully saturated rings. The molecule has 1 aromatic heterocycles. The zero-order valence-corrected chi connectivity index (χ0v) is 21.2. The van der Waals surface area contributed by atoms with Crippen LogP contribution < -0.4 is 10.2 Å². The summed E-state index contributed by atoms with van der Waals surface area (Å²) in [6.45, 7) is 2.04. The van der Waals surface area contributed by atoms with Crippen molar-refractivity contribution in [2.24, 2.45) is 0 Å². The molecular formula is C30H27ClN4O2. The van der Waals surface area contributed by atoms with Crippen molar-refractivity contribution in [2.75, 3.05) is 16.8 Å². The van der Waals surface area contributed by atoms with Crippen LogP contribution in [0.1, 0.15) is 35.7 Å². The second kappa shape index (κ2) is 9.45. The monoisotopic (exact) mass is 510 g/mol. The Hall–Kier alpha value is -4.03. The first-order valence-corrected chi connectivity index (χ1v) is 12.9. The second-order valence-corrected chi connectivity index (χ2v) is 10.1. The minimum absolute atomic E-state index is 0.0124. The molecule has 4 aromatic rings. The van der Waals surface area contributed by atoms with Gasteiger partial charge in [-0.05, 0) is 73.9 Å². The molecule has 0 spiro atoms. The SMILES string of the molecule is Cc1ccc(C2c3cccn3-c3ccccc3N2C(=O)CN(C(=O)Nc2ccc(Cl)cc2)C2CC2)cc1. The zero-order chi connectivity index (χ0) is 25.5. The van der Waals surface area contributed by atoms with Crippen molar-refractivity contribution < 1.29 is 9.59 Å². The highest BCUT2D eigenvalue weighted by atomic mass is 35.5. The Balaban J connectivity index is 1.35. The van der Waals surface area contributed by atoms with E-state index in [2.05, 4.69) is 47.1 Å². The lowest BCUT2D eigenvalue weighted by molar-refractivity contribution is -0.119. The van der Waals surface area contributed by atoms with Gasteiger partial charge < -0.3 is 14.8 Å². The predicted octanol–water partition coefficient (Wildman–Crippen LogP) is 6.57. The molecule has 6 nitrogen and oxygen atoms in total. The Bertz CT molecular complexity index is 1460. The maximum absolute atomic E-state index is 14.2. The smallest absolute Gasteiger partial charge is 0.316 e. The number of aromatic nitrogens is 1. The van der Waals surface area contributed by atoms with Crippen LogP contribution in [0.15, 0.2) is 91.1 Å². The van der Waals surface area contributed by atoms with Crippen LogP contribution in [0.25, 0.3) is 5.69 Å². The number of amides is 3. The Morgan fingerprint density at radius 3 is 2.32 bits per heavy atom. The Kier molecular flexibility index (Phi) is 5.97. The molecule has 0 radical (unpaired) electrons. The van der Waals surface area contributed by atoms with E-state index in [1.807, 2.05) is 41.4 Å². The average molecular weight is 511 g/mol. The standard InChI is InChI=1S/C30H27ClN4O2/c1-20-8-10-21(11-9-20)29-27-7-4-18-33(27)25-5-2-3-6-26(25)35(29)28(36)19-34(24-16-17-24)30(37)32-23-14-12-22(31)13-15-23/h2-15,18,24,29H,16-17,19H2,1H3,(H,32,37). The topological polar surface area (TPSA) is 57.6 Å². The van der Waals surface area contributed by atoms with Gasteiger partial charge in [0.2, 0.25) is 5.91 Å². The zero-order valence-electron chi connectivity index (χ0n) is 20.5. The van der Waals surface area contributed by atoms with E-state index in [9.17, 15) is 9.59 Å². The Morgan fingerprint density at radius 2 is 1.62 bits per heavy atom. The van der Waals surface area contributed by atoms with Crippen molar-refractivity contribution in [1.82, 2.24) is 9.47 Å². The van der Waals surface area contributed by atoms with Crippen molar-refractivity contribution in [2.45, 2.75) is 31.8 Å². The molecule has 6 rings (SSSR count). The summed E-state index contributed by atoms with van der Waals surface area (Å²) in [5.41, 5.74) is 5.62. The van der Waals surface area contributed by atoms with Crippen molar-refractivity contribution >= 4 is 34.9 Å². The summed E-state index contributed by atoms with van der Waals surface area (Å²) in [6, 6.07) is 26.8. The number of nitrogens with one attached hydrogen (secondary N) is 1. The minimum atomic E-state index is -0.307. The van der Waals surface area contributed by atoms with E-state index in [-0.39, 0.29) is 30.6 Å². The summed E-state index contributed by atoms with van der Waals surface area (Å²) in [5, 5.41) is 3.53. The lowest BCUT2D eigenvalue weighted by atomic mass is 9.97. The van der Waals surface area contributed by atoms with Gasteiger partial charge in [0.1, 0.15) is 12.6 Å². The van der Waals surface area contributed by atoms with Crippen LogP contribution in [-0.2, 0) is 4.79 Å². The number of hydrogen-bond donors (Lipinski definition) is 1. The average Bonchev–Trinajstić information content (AvgIpc) is 3.63. The molecule has 7 heteroatoms. The van der Waals surface area contributed by atoms with Crippen LogP contribution in [0.5, 0.6) is 0 Å². The Labute approximate surface area is 221 Å².